The molecule has 122 valence electrons. The topological polar surface area (TPSA) is 72.9 Å². The van der Waals surface area contributed by atoms with Gasteiger partial charge in [0.1, 0.15) is 5.82 Å². The Balaban J connectivity index is 0.00000400. The van der Waals surface area contributed by atoms with E-state index in [0.717, 1.165) is 11.5 Å². The maximum absolute atomic E-state index is 11.9. The zero-order chi connectivity index (χ0) is 15.6. The van der Waals surface area contributed by atoms with Gasteiger partial charge in [0.15, 0.2) is 0 Å². The molecule has 1 aromatic heterocycles. The van der Waals surface area contributed by atoms with Crippen LogP contribution in [-0.4, -0.2) is 22.2 Å². The first kappa shape index (κ1) is 19.9. The van der Waals surface area contributed by atoms with Crippen molar-refractivity contribution in [2.45, 2.75) is 65.3 Å². The second kappa shape index (κ2) is 7.27. The number of nitrogens with zero attached hydrogens (tertiary/aromatic N) is 2. The standard InChI is InChI=1S/C15H28N4O.ClH/c1-14(2,3)11-10-12(17-13(20)8-7-9-16)19(18-11)15(4,5)6;/h10H,7-9,16H2,1-6H3,(H,17,20);1H. The van der Waals surface area contributed by atoms with Crippen molar-refractivity contribution in [3.63, 3.8) is 0 Å². The third kappa shape index (κ3) is 5.67. The summed E-state index contributed by atoms with van der Waals surface area (Å²) in [6.45, 7) is 13.1. The molecular formula is C15H29ClN4O. The highest BCUT2D eigenvalue weighted by Crippen LogP contribution is 2.28. The summed E-state index contributed by atoms with van der Waals surface area (Å²) in [7, 11) is 0. The summed E-state index contributed by atoms with van der Waals surface area (Å²) < 4.78 is 1.88. The molecule has 1 amide bonds. The first-order valence-corrected chi connectivity index (χ1v) is 7.16. The van der Waals surface area contributed by atoms with Crippen LogP contribution in [0.3, 0.4) is 0 Å². The number of halogens is 1. The molecule has 0 saturated carbocycles. The third-order valence-corrected chi connectivity index (χ3v) is 2.99. The van der Waals surface area contributed by atoms with E-state index in [1.165, 1.54) is 0 Å². The van der Waals surface area contributed by atoms with Gasteiger partial charge in [-0.25, -0.2) is 4.68 Å². The molecule has 3 N–H and O–H groups in total. The molecule has 5 nitrogen and oxygen atoms in total. The van der Waals surface area contributed by atoms with E-state index in [1.54, 1.807) is 0 Å². The molecule has 21 heavy (non-hydrogen) atoms. The van der Waals surface area contributed by atoms with Crippen LogP contribution in [-0.2, 0) is 15.7 Å². The smallest absolute Gasteiger partial charge is 0.225 e. The SMILES string of the molecule is CC(C)(C)c1cc(NC(=O)CCCN)n(C(C)(C)C)n1.Cl. The van der Waals surface area contributed by atoms with Gasteiger partial charge in [0.2, 0.25) is 5.91 Å². The van der Waals surface area contributed by atoms with Gasteiger partial charge in [-0.15, -0.1) is 12.4 Å². The molecule has 0 atom stereocenters. The van der Waals surface area contributed by atoms with Gasteiger partial charge in [0, 0.05) is 17.9 Å². The van der Waals surface area contributed by atoms with E-state index in [1.807, 2.05) is 10.7 Å². The molecule has 6 heteroatoms. The van der Waals surface area contributed by atoms with Gasteiger partial charge >= 0.3 is 0 Å². The highest BCUT2D eigenvalue weighted by atomic mass is 35.5. The molecule has 0 aliphatic heterocycles. The van der Waals surface area contributed by atoms with Crippen molar-refractivity contribution in [3.05, 3.63) is 11.8 Å². The maximum Gasteiger partial charge on any atom is 0.225 e. The number of carbonyl (C=O) groups is 1. The number of carbonyl (C=O) groups excluding carboxylic acids is 1. The monoisotopic (exact) mass is 316 g/mol. The molecule has 0 aliphatic rings. The molecule has 1 aromatic rings. The van der Waals surface area contributed by atoms with Crippen molar-refractivity contribution in [1.29, 1.82) is 0 Å². The molecule has 0 unspecified atom stereocenters. The van der Waals surface area contributed by atoms with Crippen LogP contribution in [0, 0.1) is 0 Å². The van der Waals surface area contributed by atoms with E-state index in [-0.39, 0.29) is 29.3 Å². The van der Waals surface area contributed by atoms with E-state index >= 15 is 0 Å². The van der Waals surface area contributed by atoms with Crippen molar-refractivity contribution < 1.29 is 4.79 Å². The van der Waals surface area contributed by atoms with Crippen LogP contribution in [0.4, 0.5) is 5.82 Å². The highest BCUT2D eigenvalue weighted by Gasteiger charge is 2.25. The lowest BCUT2D eigenvalue weighted by Crippen LogP contribution is -2.27. The number of amides is 1. The fraction of sp³-hybridized carbons (Fsp3) is 0.733. The van der Waals surface area contributed by atoms with Gasteiger partial charge in [-0.3, -0.25) is 4.79 Å². The Morgan fingerprint density at radius 1 is 1.29 bits per heavy atom. The van der Waals surface area contributed by atoms with Crippen LogP contribution in [0.15, 0.2) is 6.07 Å². The zero-order valence-corrected chi connectivity index (χ0v) is 14.8. The van der Waals surface area contributed by atoms with Crippen LogP contribution in [0.5, 0.6) is 0 Å². The average molecular weight is 317 g/mol. The van der Waals surface area contributed by atoms with E-state index in [4.69, 9.17) is 5.73 Å². The van der Waals surface area contributed by atoms with Crippen molar-refractivity contribution in [2.75, 3.05) is 11.9 Å². The second-order valence-corrected chi connectivity index (χ2v) is 7.19. The van der Waals surface area contributed by atoms with Crippen LogP contribution < -0.4 is 11.1 Å². The van der Waals surface area contributed by atoms with Gasteiger partial charge in [0.25, 0.3) is 0 Å². The molecular weight excluding hydrogens is 288 g/mol. The Morgan fingerprint density at radius 2 is 1.86 bits per heavy atom. The van der Waals surface area contributed by atoms with Gasteiger partial charge in [-0.05, 0) is 33.7 Å². The van der Waals surface area contributed by atoms with E-state index in [9.17, 15) is 4.79 Å². The number of hydrogen-bond donors (Lipinski definition) is 2. The molecule has 0 bridgehead atoms. The van der Waals surface area contributed by atoms with Gasteiger partial charge in [-0.2, -0.15) is 5.10 Å². The summed E-state index contributed by atoms with van der Waals surface area (Å²) in [5, 5.41) is 7.61. The Labute approximate surface area is 134 Å². The summed E-state index contributed by atoms with van der Waals surface area (Å²) in [6, 6.07) is 1.96. The van der Waals surface area contributed by atoms with Gasteiger partial charge in [-0.1, -0.05) is 20.8 Å². The van der Waals surface area contributed by atoms with Crippen LogP contribution in [0.25, 0.3) is 0 Å². The largest absolute Gasteiger partial charge is 0.330 e. The fourth-order valence-electron chi connectivity index (χ4n) is 1.82. The Hall–Kier alpha value is -1.07. The number of hydrogen-bond acceptors (Lipinski definition) is 3. The minimum atomic E-state index is -0.181. The molecule has 0 aliphatic carbocycles. The zero-order valence-electron chi connectivity index (χ0n) is 14.0. The van der Waals surface area contributed by atoms with E-state index < -0.39 is 0 Å². The van der Waals surface area contributed by atoms with E-state index in [2.05, 4.69) is 52.0 Å². The molecule has 1 heterocycles. The number of anilines is 1. The lowest BCUT2D eigenvalue weighted by molar-refractivity contribution is -0.116. The Kier molecular flexibility index (Phi) is 6.90. The first-order valence-electron chi connectivity index (χ1n) is 7.16. The lowest BCUT2D eigenvalue weighted by Gasteiger charge is -2.23. The Bertz CT molecular complexity index is 469. The molecule has 0 saturated heterocycles. The number of nitrogens with two attached hydrogens (primary N) is 1. The highest BCUT2D eigenvalue weighted by molar-refractivity contribution is 5.90. The third-order valence-electron chi connectivity index (χ3n) is 2.99. The summed E-state index contributed by atoms with van der Waals surface area (Å²) >= 11 is 0. The number of aromatic nitrogens is 2. The maximum atomic E-state index is 11.9. The van der Waals surface area contributed by atoms with Crippen LogP contribution in [0.2, 0.25) is 0 Å². The lowest BCUT2D eigenvalue weighted by atomic mass is 9.92. The Morgan fingerprint density at radius 3 is 2.29 bits per heavy atom. The summed E-state index contributed by atoms with van der Waals surface area (Å²) in [5.41, 5.74) is 6.18. The van der Waals surface area contributed by atoms with Gasteiger partial charge in [0.05, 0.1) is 11.2 Å². The molecule has 0 radical (unpaired) electrons. The van der Waals surface area contributed by atoms with E-state index in [0.29, 0.717) is 19.4 Å². The molecule has 0 spiro atoms. The number of rotatable bonds is 4. The number of nitrogens with one attached hydrogen (secondary N) is 1. The molecule has 1 rings (SSSR count). The average Bonchev–Trinajstić information content (AvgIpc) is 2.69. The molecule has 0 aromatic carbocycles. The van der Waals surface area contributed by atoms with Crippen molar-refractivity contribution in [1.82, 2.24) is 9.78 Å². The van der Waals surface area contributed by atoms with Crippen molar-refractivity contribution in [3.8, 4) is 0 Å². The summed E-state index contributed by atoms with van der Waals surface area (Å²) in [5.74, 6) is 0.741. The first-order chi connectivity index (χ1) is 9.05. The quantitative estimate of drug-likeness (QED) is 0.896. The minimum absolute atomic E-state index is 0. The minimum Gasteiger partial charge on any atom is -0.330 e. The normalized spacial score (nSPS) is 12.0. The fourth-order valence-corrected chi connectivity index (χ4v) is 1.82. The summed E-state index contributed by atoms with van der Waals surface area (Å²) in [6.07, 6.45) is 1.14. The van der Waals surface area contributed by atoms with Crippen molar-refractivity contribution in [2.24, 2.45) is 5.73 Å². The second-order valence-electron chi connectivity index (χ2n) is 7.19. The molecule has 0 fully saturated rings. The van der Waals surface area contributed by atoms with Gasteiger partial charge < -0.3 is 11.1 Å². The predicted molar refractivity (Wildman–Crippen MR) is 90.1 cm³/mol. The van der Waals surface area contributed by atoms with Crippen LogP contribution >= 0.6 is 12.4 Å². The predicted octanol–water partition coefficient (Wildman–Crippen LogP) is 3.03. The summed E-state index contributed by atoms with van der Waals surface area (Å²) in [4.78, 5) is 11.9. The van der Waals surface area contributed by atoms with Crippen LogP contribution in [0.1, 0.15) is 60.1 Å². The van der Waals surface area contributed by atoms with Crippen molar-refractivity contribution >= 4 is 24.1 Å².